The summed E-state index contributed by atoms with van der Waals surface area (Å²) in [4.78, 5) is 10.5. The molecule has 1 unspecified atom stereocenters. The van der Waals surface area contributed by atoms with Gasteiger partial charge in [-0.1, -0.05) is 0 Å². The van der Waals surface area contributed by atoms with Crippen LogP contribution in [0, 0.1) is 0 Å². The van der Waals surface area contributed by atoms with Crippen LogP contribution in [0.15, 0.2) is 11.8 Å². The zero-order chi connectivity index (χ0) is 6.85. The molecule has 1 aliphatic heterocycles. The van der Waals surface area contributed by atoms with Crippen LogP contribution in [0.25, 0.3) is 0 Å². The maximum absolute atomic E-state index is 10.5. The largest absolute Gasteiger partial charge is 0.320 e. The number of carbonyl (C=O) groups is 1. The highest BCUT2D eigenvalue weighted by Gasteiger charge is 2.12. The Hall–Kier alpha value is -1.03. The molecule has 0 aromatic carbocycles. The Morgan fingerprint density at radius 2 is 2.44 bits per heavy atom. The van der Waals surface area contributed by atoms with Crippen LogP contribution >= 0.6 is 0 Å². The van der Waals surface area contributed by atoms with E-state index in [2.05, 4.69) is 10.6 Å². The molecule has 0 saturated heterocycles. The van der Waals surface area contributed by atoms with Crippen molar-refractivity contribution < 1.29 is 4.79 Å². The third kappa shape index (κ3) is 1.20. The Morgan fingerprint density at radius 1 is 1.78 bits per heavy atom. The van der Waals surface area contributed by atoms with Gasteiger partial charge in [-0.15, -0.1) is 0 Å². The average molecular weight is 127 g/mol. The third-order valence-electron chi connectivity index (χ3n) is 1.21. The van der Waals surface area contributed by atoms with Gasteiger partial charge in [-0.2, -0.15) is 0 Å². The van der Waals surface area contributed by atoms with Crippen LogP contribution in [0.4, 0.5) is 4.79 Å². The summed E-state index contributed by atoms with van der Waals surface area (Å²) in [5, 5.41) is 4.96. The SMILES string of the molecule is CC1=CNC(=O)NC1N. The van der Waals surface area contributed by atoms with Crippen molar-refractivity contribution in [3.8, 4) is 0 Å². The molecule has 1 atom stereocenters. The van der Waals surface area contributed by atoms with Crippen molar-refractivity contribution in [1.82, 2.24) is 10.6 Å². The van der Waals surface area contributed by atoms with Gasteiger partial charge in [0.1, 0.15) is 6.17 Å². The lowest BCUT2D eigenvalue weighted by atomic mass is 10.2. The molecule has 0 aliphatic carbocycles. The minimum atomic E-state index is -0.321. The van der Waals surface area contributed by atoms with Gasteiger partial charge in [0, 0.05) is 6.20 Å². The number of hydrogen-bond donors (Lipinski definition) is 3. The number of nitrogens with two attached hydrogens (primary N) is 1. The fraction of sp³-hybridized carbons (Fsp3) is 0.400. The van der Waals surface area contributed by atoms with E-state index in [-0.39, 0.29) is 12.2 Å². The summed E-state index contributed by atoms with van der Waals surface area (Å²) < 4.78 is 0. The van der Waals surface area contributed by atoms with Crippen molar-refractivity contribution in [2.45, 2.75) is 13.1 Å². The summed E-state index contributed by atoms with van der Waals surface area (Å²) in [6, 6.07) is -0.242. The fourth-order valence-corrected chi connectivity index (χ4v) is 0.566. The first-order valence-electron chi connectivity index (χ1n) is 2.69. The van der Waals surface area contributed by atoms with Crippen LogP contribution < -0.4 is 16.4 Å². The monoisotopic (exact) mass is 127 g/mol. The standard InChI is InChI=1S/C5H9N3O/c1-3-2-7-5(9)8-4(3)6/h2,4H,6H2,1H3,(H2,7,8,9). The first-order chi connectivity index (χ1) is 4.20. The van der Waals surface area contributed by atoms with Gasteiger partial charge in [-0.25, -0.2) is 4.79 Å². The van der Waals surface area contributed by atoms with Gasteiger partial charge < -0.3 is 16.4 Å². The summed E-state index contributed by atoms with van der Waals surface area (Å²) >= 11 is 0. The molecular formula is C5H9N3O. The molecule has 0 aromatic rings. The van der Waals surface area contributed by atoms with Gasteiger partial charge in [0.15, 0.2) is 0 Å². The zero-order valence-corrected chi connectivity index (χ0v) is 5.14. The first-order valence-corrected chi connectivity index (χ1v) is 2.69. The highest BCUT2D eigenvalue weighted by molar-refractivity contribution is 5.77. The van der Waals surface area contributed by atoms with E-state index in [1.165, 1.54) is 0 Å². The van der Waals surface area contributed by atoms with E-state index in [1.54, 1.807) is 6.20 Å². The van der Waals surface area contributed by atoms with Crippen LogP contribution in [0.2, 0.25) is 0 Å². The molecule has 1 rings (SSSR count). The lowest BCUT2D eigenvalue weighted by molar-refractivity contribution is 0.240. The lowest BCUT2D eigenvalue weighted by Gasteiger charge is -2.18. The van der Waals surface area contributed by atoms with E-state index >= 15 is 0 Å². The van der Waals surface area contributed by atoms with Crippen LogP contribution in [0.3, 0.4) is 0 Å². The molecule has 9 heavy (non-hydrogen) atoms. The lowest BCUT2D eigenvalue weighted by Crippen LogP contribution is -2.49. The van der Waals surface area contributed by atoms with Gasteiger partial charge >= 0.3 is 6.03 Å². The number of hydrogen-bond acceptors (Lipinski definition) is 2. The first kappa shape index (κ1) is 6.10. The quantitative estimate of drug-likeness (QED) is 0.410. The molecule has 1 aliphatic rings. The Balaban J connectivity index is 2.67. The molecule has 0 fully saturated rings. The van der Waals surface area contributed by atoms with E-state index in [1.807, 2.05) is 6.92 Å². The zero-order valence-electron chi connectivity index (χ0n) is 5.14. The summed E-state index contributed by atoms with van der Waals surface area (Å²) in [6.07, 6.45) is 1.28. The molecule has 1 heterocycles. The average Bonchev–Trinajstić information content (AvgIpc) is 1.80. The molecule has 4 heteroatoms. The summed E-state index contributed by atoms with van der Waals surface area (Å²) in [6.45, 7) is 1.84. The predicted molar refractivity (Wildman–Crippen MR) is 33.4 cm³/mol. The Kier molecular flexibility index (Phi) is 1.40. The minimum absolute atomic E-state index is 0.242. The van der Waals surface area contributed by atoms with Crippen molar-refractivity contribution in [2.24, 2.45) is 5.73 Å². The smallest absolute Gasteiger partial charge is 0.319 e. The topological polar surface area (TPSA) is 67.2 Å². The number of rotatable bonds is 0. The third-order valence-corrected chi connectivity index (χ3v) is 1.21. The molecule has 0 radical (unpaired) electrons. The van der Waals surface area contributed by atoms with Crippen LogP contribution in [0.1, 0.15) is 6.92 Å². The molecule has 0 saturated carbocycles. The summed E-state index contributed by atoms with van der Waals surface area (Å²) in [7, 11) is 0. The maximum Gasteiger partial charge on any atom is 0.320 e. The molecule has 0 bridgehead atoms. The second-order valence-corrected chi connectivity index (χ2v) is 1.98. The van der Waals surface area contributed by atoms with Crippen LogP contribution in [-0.2, 0) is 0 Å². The second-order valence-electron chi connectivity index (χ2n) is 1.98. The highest BCUT2D eigenvalue weighted by Crippen LogP contribution is 1.96. The normalized spacial score (nSPS) is 26.2. The second kappa shape index (κ2) is 2.06. The summed E-state index contributed by atoms with van der Waals surface area (Å²) in [5.41, 5.74) is 6.35. The Morgan fingerprint density at radius 3 is 2.89 bits per heavy atom. The van der Waals surface area contributed by atoms with Crippen molar-refractivity contribution in [2.75, 3.05) is 0 Å². The van der Waals surface area contributed by atoms with Gasteiger partial charge in [-0.3, -0.25) is 0 Å². The highest BCUT2D eigenvalue weighted by atomic mass is 16.2. The molecule has 4 nitrogen and oxygen atoms in total. The Labute approximate surface area is 53.1 Å². The minimum Gasteiger partial charge on any atom is -0.319 e. The molecule has 50 valence electrons. The van der Waals surface area contributed by atoms with Crippen molar-refractivity contribution in [3.63, 3.8) is 0 Å². The van der Waals surface area contributed by atoms with Crippen LogP contribution in [-0.4, -0.2) is 12.2 Å². The van der Waals surface area contributed by atoms with Gasteiger partial charge in [0.25, 0.3) is 0 Å². The number of amides is 2. The molecule has 0 spiro atoms. The number of urea groups is 1. The maximum atomic E-state index is 10.5. The van der Waals surface area contributed by atoms with Crippen LogP contribution in [0.5, 0.6) is 0 Å². The van der Waals surface area contributed by atoms with E-state index < -0.39 is 0 Å². The summed E-state index contributed by atoms with van der Waals surface area (Å²) in [5.74, 6) is 0. The molecule has 4 N–H and O–H groups in total. The van der Waals surface area contributed by atoms with E-state index in [0.29, 0.717) is 0 Å². The molecular weight excluding hydrogens is 118 g/mol. The van der Waals surface area contributed by atoms with Crippen molar-refractivity contribution in [1.29, 1.82) is 0 Å². The van der Waals surface area contributed by atoms with E-state index in [4.69, 9.17) is 5.73 Å². The van der Waals surface area contributed by atoms with E-state index in [9.17, 15) is 4.79 Å². The Bertz CT molecular complexity index is 164. The predicted octanol–water partition coefficient (Wildman–Crippen LogP) is -0.512. The number of nitrogens with one attached hydrogen (secondary N) is 2. The van der Waals surface area contributed by atoms with Gasteiger partial charge in [0.2, 0.25) is 0 Å². The van der Waals surface area contributed by atoms with Gasteiger partial charge in [-0.05, 0) is 12.5 Å². The van der Waals surface area contributed by atoms with Gasteiger partial charge in [0.05, 0.1) is 0 Å². The number of carbonyl (C=O) groups excluding carboxylic acids is 1. The van der Waals surface area contributed by atoms with Crippen molar-refractivity contribution >= 4 is 6.03 Å². The fourth-order valence-electron chi connectivity index (χ4n) is 0.566. The molecule has 0 aromatic heterocycles. The van der Waals surface area contributed by atoms with E-state index in [0.717, 1.165) is 5.57 Å². The molecule has 2 amide bonds. The van der Waals surface area contributed by atoms with Crippen molar-refractivity contribution in [3.05, 3.63) is 11.8 Å².